The fourth-order valence-electron chi connectivity index (χ4n) is 2.59. The van der Waals surface area contributed by atoms with Gasteiger partial charge in [0.2, 0.25) is 10.0 Å². The van der Waals surface area contributed by atoms with E-state index < -0.39 is 21.9 Å². The van der Waals surface area contributed by atoms with Gasteiger partial charge in [0.1, 0.15) is 11.4 Å². The number of aryl methyl sites for hydroxylation is 1. The fraction of sp³-hybridized carbons (Fsp3) is 0.118. The van der Waals surface area contributed by atoms with E-state index in [4.69, 9.17) is 5.14 Å². The molecule has 2 aromatic carbocycles. The van der Waals surface area contributed by atoms with Crippen LogP contribution >= 0.6 is 0 Å². The van der Waals surface area contributed by atoms with Gasteiger partial charge in [-0.15, -0.1) is 4.68 Å². The van der Waals surface area contributed by atoms with Crippen LogP contribution in [0.1, 0.15) is 11.3 Å². The molecule has 0 bridgehead atoms. The van der Waals surface area contributed by atoms with Gasteiger partial charge in [-0.3, -0.25) is 0 Å². The molecule has 0 atom stereocenters. The smallest absolute Gasteiger partial charge is 0.481 e. The van der Waals surface area contributed by atoms with Crippen molar-refractivity contribution in [2.75, 3.05) is 0 Å². The molecule has 0 aliphatic carbocycles. The molecule has 27 heavy (non-hydrogen) atoms. The number of halogens is 3. The van der Waals surface area contributed by atoms with Crippen LogP contribution < -0.4 is 9.98 Å². The number of primary sulfonamides is 1. The van der Waals surface area contributed by atoms with E-state index in [9.17, 15) is 26.8 Å². The maximum Gasteiger partial charge on any atom is 0.481 e. The van der Waals surface area contributed by atoms with Gasteiger partial charge in [0, 0.05) is 11.6 Å². The summed E-state index contributed by atoms with van der Waals surface area (Å²) in [5.41, 5.74) is -0.00520. The average Bonchev–Trinajstić information content (AvgIpc) is 2.92. The molecule has 0 unspecified atom stereocenters. The summed E-state index contributed by atoms with van der Waals surface area (Å²) < 4.78 is 63.2. The normalized spacial score (nSPS) is 12.3. The number of rotatable bonds is 3. The number of hydrogen-bond donors (Lipinski definition) is 1. The van der Waals surface area contributed by atoms with Crippen molar-refractivity contribution in [1.29, 1.82) is 0 Å². The average molecular weight is 397 g/mol. The third-order valence-electron chi connectivity index (χ3n) is 3.94. The molecule has 0 amide bonds. The third-order valence-corrected chi connectivity index (χ3v) is 4.87. The molecule has 0 fully saturated rings. The SMILES string of the molecule is Cc1ccc(-c2cc(C(F)(F)F)[n+]([O-])n2-c2ccc(S(N)(=O)=O)cc2)cc1. The zero-order valence-corrected chi connectivity index (χ0v) is 14.8. The summed E-state index contributed by atoms with van der Waals surface area (Å²) in [6, 6.07) is 12.0. The van der Waals surface area contributed by atoms with Gasteiger partial charge in [0.05, 0.1) is 4.90 Å². The van der Waals surface area contributed by atoms with Crippen molar-refractivity contribution in [3.8, 4) is 16.9 Å². The Balaban J connectivity index is 2.24. The Bertz CT molecular complexity index is 1090. The first-order chi connectivity index (χ1) is 12.5. The van der Waals surface area contributed by atoms with E-state index >= 15 is 0 Å². The monoisotopic (exact) mass is 397 g/mol. The lowest BCUT2D eigenvalue weighted by atomic mass is 10.1. The van der Waals surface area contributed by atoms with E-state index in [0.717, 1.165) is 28.4 Å². The Morgan fingerprint density at radius 3 is 2.07 bits per heavy atom. The number of hydrogen-bond acceptors (Lipinski definition) is 3. The lowest BCUT2D eigenvalue weighted by Crippen LogP contribution is -2.42. The lowest BCUT2D eigenvalue weighted by Gasteiger charge is -2.10. The summed E-state index contributed by atoms with van der Waals surface area (Å²) in [4.78, 5) is -0.481. The predicted octanol–water partition coefficient (Wildman–Crippen LogP) is 2.75. The molecular weight excluding hydrogens is 383 g/mol. The molecule has 0 saturated heterocycles. The van der Waals surface area contributed by atoms with Gasteiger partial charge in [0.15, 0.2) is 0 Å². The van der Waals surface area contributed by atoms with Crippen molar-refractivity contribution in [3.63, 3.8) is 0 Å². The Morgan fingerprint density at radius 2 is 1.59 bits per heavy atom. The highest BCUT2D eigenvalue weighted by Gasteiger charge is 2.43. The summed E-state index contributed by atoms with van der Waals surface area (Å²) in [6.07, 6.45) is -4.85. The zero-order valence-electron chi connectivity index (χ0n) is 13.9. The van der Waals surface area contributed by atoms with Crippen molar-refractivity contribution in [2.45, 2.75) is 18.0 Å². The molecule has 1 heterocycles. The van der Waals surface area contributed by atoms with Gasteiger partial charge in [0.25, 0.3) is 0 Å². The fourth-order valence-corrected chi connectivity index (χ4v) is 3.11. The standard InChI is InChI=1S/C17H14F3N3O3S/c1-11-2-4-12(5-3-11)15-10-16(17(18,19)20)23(24)22(15)13-6-8-14(9-7-13)27(21,25)26/h2-10H,1H3,(H2,21,25,26). The number of nitrogens with two attached hydrogens (primary N) is 1. The van der Waals surface area contributed by atoms with Gasteiger partial charge < -0.3 is 5.21 Å². The van der Waals surface area contributed by atoms with E-state index in [2.05, 4.69) is 0 Å². The number of sulfonamides is 1. The number of alkyl halides is 3. The highest BCUT2D eigenvalue weighted by Crippen LogP contribution is 2.32. The second-order valence-electron chi connectivity index (χ2n) is 5.90. The molecule has 0 spiro atoms. The molecule has 6 nitrogen and oxygen atoms in total. The van der Waals surface area contributed by atoms with Crippen LogP contribution in [0.15, 0.2) is 59.5 Å². The lowest BCUT2D eigenvalue weighted by molar-refractivity contribution is -0.701. The first-order valence-electron chi connectivity index (χ1n) is 7.61. The first-order valence-corrected chi connectivity index (χ1v) is 9.16. The van der Waals surface area contributed by atoms with E-state index in [1.165, 1.54) is 12.1 Å². The molecule has 10 heteroatoms. The molecule has 0 saturated carbocycles. The topological polar surface area (TPSA) is 92.0 Å². The Kier molecular flexibility index (Phi) is 4.48. The van der Waals surface area contributed by atoms with Crippen LogP contribution in [-0.4, -0.2) is 13.1 Å². The minimum atomic E-state index is -4.85. The van der Waals surface area contributed by atoms with Crippen LogP contribution in [-0.2, 0) is 16.2 Å². The molecule has 3 rings (SSSR count). The molecular formula is C17H14F3N3O3S. The van der Waals surface area contributed by atoms with Crippen LogP contribution in [0, 0.1) is 12.1 Å². The third kappa shape index (κ3) is 3.67. The van der Waals surface area contributed by atoms with E-state index in [1.54, 1.807) is 24.3 Å². The van der Waals surface area contributed by atoms with Gasteiger partial charge >= 0.3 is 11.9 Å². The summed E-state index contributed by atoms with van der Waals surface area (Å²) in [6.45, 7) is 1.82. The van der Waals surface area contributed by atoms with Gasteiger partial charge in [-0.2, -0.15) is 13.2 Å². The van der Waals surface area contributed by atoms with E-state index in [-0.39, 0.29) is 21.1 Å². The maximum atomic E-state index is 13.2. The molecule has 0 aliphatic heterocycles. The van der Waals surface area contributed by atoms with Gasteiger partial charge in [-0.05, 0) is 31.2 Å². The summed E-state index contributed by atoms with van der Waals surface area (Å²) in [5, 5.41) is 17.4. The summed E-state index contributed by atoms with van der Waals surface area (Å²) >= 11 is 0. The van der Waals surface area contributed by atoms with Crippen molar-refractivity contribution >= 4 is 10.0 Å². The first kappa shape index (κ1) is 18.9. The number of benzene rings is 2. The van der Waals surface area contributed by atoms with Gasteiger partial charge in [-0.25, -0.2) is 13.6 Å². The van der Waals surface area contributed by atoms with Crippen LogP contribution in [0.4, 0.5) is 13.2 Å². The molecule has 2 N–H and O–H groups in total. The number of aromatic nitrogens is 2. The van der Waals surface area contributed by atoms with Gasteiger partial charge in [-0.1, -0.05) is 34.7 Å². The summed E-state index contributed by atoms with van der Waals surface area (Å²) in [5.74, 6) is 0. The quantitative estimate of drug-likeness (QED) is 0.544. The highest BCUT2D eigenvalue weighted by atomic mass is 32.2. The molecule has 0 radical (unpaired) electrons. The number of nitrogens with zero attached hydrogens (tertiary/aromatic N) is 2. The second-order valence-corrected chi connectivity index (χ2v) is 7.46. The van der Waals surface area contributed by atoms with Crippen molar-refractivity contribution in [3.05, 3.63) is 71.1 Å². The molecule has 0 aliphatic rings. The van der Waals surface area contributed by atoms with Crippen LogP contribution in [0.5, 0.6) is 0 Å². The minimum absolute atomic E-state index is 0.0145. The Hall–Kier alpha value is -2.85. The van der Waals surface area contributed by atoms with Crippen molar-refractivity contribution < 1.29 is 26.4 Å². The predicted molar refractivity (Wildman–Crippen MR) is 91.3 cm³/mol. The van der Waals surface area contributed by atoms with E-state index in [0.29, 0.717) is 5.56 Å². The van der Waals surface area contributed by atoms with Crippen molar-refractivity contribution in [2.24, 2.45) is 5.14 Å². The summed E-state index contributed by atoms with van der Waals surface area (Å²) in [7, 11) is -3.97. The van der Waals surface area contributed by atoms with E-state index in [1.807, 2.05) is 6.92 Å². The largest absolute Gasteiger partial charge is 0.595 e. The van der Waals surface area contributed by atoms with Crippen LogP contribution in [0.25, 0.3) is 16.9 Å². The zero-order chi connectivity index (χ0) is 20.0. The van der Waals surface area contributed by atoms with Crippen LogP contribution in [0.3, 0.4) is 0 Å². The maximum absolute atomic E-state index is 13.2. The molecule has 142 valence electrons. The second kappa shape index (κ2) is 6.39. The minimum Gasteiger partial charge on any atom is -0.595 e. The molecule has 1 aromatic heterocycles. The highest BCUT2D eigenvalue weighted by molar-refractivity contribution is 7.89. The Labute approximate surface area is 152 Å². The van der Waals surface area contributed by atoms with Crippen molar-refractivity contribution in [1.82, 2.24) is 4.68 Å². The van der Waals surface area contributed by atoms with Crippen LogP contribution in [0.2, 0.25) is 0 Å². The Morgan fingerprint density at radius 1 is 1.04 bits per heavy atom. The molecule has 3 aromatic rings.